The zero-order chi connectivity index (χ0) is 24.8. The van der Waals surface area contributed by atoms with E-state index in [1.165, 1.54) is 22.3 Å². The topological polar surface area (TPSA) is 95.9 Å². The number of aliphatic carboxylic acids is 1. The third-order valence-electron chi connectivity index (χ3n) is 7.18. The van der Waals surface area contributed by atoms with Crippen LogP contribution in [-0.4, -0.2) is 53.7 Å². The molecule has 0 radical (unpaired) electrons. The smallest absolute Gasteiger partial charge is 0.407 e. The molecule has 4 rings (SSSR count). The number of rotatable bonds is 11. The molecule has 1 atom stereocenters. The summed E-state index contributed by atoms with van der Waals surface area (Å²) in [5.74, 6) is -0.261. The van der Waals surface area contributed by atoms with Crippen molar-refractivity contribution in [2.45, 2.75) is 57.4 Å². The van der Waals surface area contributed by atoms with Gasteiger partial charge >= 0.3 is 12.1 Å². The highest BCUT2D eigenvalue weighted by molar-refractivity contribution is 5.79. The zero-order valence-corrected chi connectivity index (χ0v) is 20.2. The molecule has 0 bridgehead atoms. The second-order valence-electron chi connectivity index (χ2n) is 9.56. The van der Waals surface area contributed by atoms with Crippen LogP contribution in [0.15, 0.2) is 48.5 Å². The predicted octanol–water partition coefficient (Wildman–Crippen LogP) is 4.80. The number of fused-ring (bicyclic) bond motifs is 3. The fourth-order valence-electron chi connectivity index (χ4n) is 5.14. The van der Waals surface area contributed by atoms with Crippen molar-refractivity contribution in [3.8, 4) is 11.1 Å². The lowest BCUT2D eigenvalue weighted by Crippen LogP contribution is -2.50. The summed E-state index contributed by atoms with van der Waals surface area (Å²) < 4.78 is 5.64. The second kappa shape index (κ2) is 11.4. The molecule has 35 heavy (non-hydrogen) atoms. The van der Waals surface area contributed by atoms with Crippen molar-refractivity contribution in [1.29, 1.82) is 0 Å². The summed E-state index contributed by atoms with van der Waals surface area (Å²) in [7, 11) is 0. The van der Waals surface area contributed by atoms with E-state index in [9.17, 15) is 14.4 Å². The number of alkyl carbamates (subject to hydrolysis) is 1. The van der Waals surface area contributed by atoms with Crippen LogP contribution < -0.4 is 5.32 Å². The summed E-state index contributed by atoms with van der Waals surface area (Å²) >= 11 is 0. The molecule has 2 aromatic carbocycles. The number of nitrogens with zero attached hydrogens (tertiary/aromatic N) is 1. The van der Waals surface area contributed by atoms with E-state index in [4.69, 9.17) is 9.84 Å². The van der Waals surface area contributed by atoms with Crippen molar-refractivity contribution in [3.05, 3.63) is 59.7 Å². The first-order valence-electron chi connectivity index (χ1n) is 12.6. The third-order valence-corrected chi connectivity index (χ3v) is 7.18. The number of likely N-dealkylation sites (tertiary alicyclic amines) is 1. The van der Waals surface area contributed by atoms with Gasteiger partial charge in [-0.25, -0.2) is 4.79 Å². The molecule has 1 aliphatic heterocycles. The van der Waals surface area contributed by atoms with Crippen LogP contribution in [0.2, 0.25) is 0 Å². The molecule has 2 aliphatic rings. The maximum Gasteiger partial charge on any atom is 0.407 e. The Labute approximate surface area is 206 Å². The largest absolute Gasteiger partial charge is 0.481 e. The lowest BCUT2D eigenvalue weighted by Gasteiger charge is -2.39. The van der Waals surface area contributed by atoms with Gasteiger partial charge in [-0.3, -0.25) is 9.59 Å². The number of ether oxygens (including phenoxy) is 1. The number of benzene rings is 2. The van der Waals surface area contributed by atoms with E-state index >= 15 is 0 Å². The Morgan fingerprint density at radius 3 is 2.26 bits per heavy atom. The molecule has 2 aromatic rings. The fraction of sp³-hybridized carbons (Fsp3) is 0.464. The first-order valence-corrected chi connectivity index (χ1v) is 12.6. The molecule has 1 unspecified atom stereocenters. The summed E-state index contributed by atoms with van der Waals surface area (Å²) in [5, 5.41) is 11.7. The fourth-order valence-corrected chi connectivity index (χ4v) is 5.14. The first-order chi connectivity index (χ1) is 17.0. The Balaban J connectivity index is 1.20. The number of carboxylic acid groups (broad SMARTS) is 1. The quantitative estimate of drug-likeness (QED) is 0.484. The van der Waals surface area contributed by atoms with Crippen molar-refractivity contribution in [1.82, 2.24) is 10.2 Å². The molecule has 186 valence electrons. The predicted molar refractivity (Wildman–Crippen MR) is 133 cm³/mol. The monoisotopic (exact) mass is 478 g/mol. The van der Waals surface area contributed by atoms with Gasteiger partial charge in [0.05, 0.1) is 0 Å². The third kappa shape index (κ3) is 6.02. The number of hydrogen-bond acceptors (Lipinski definition) is 4. The second-order valence-corrected chi connectivity index (χ2v) is 9.56. The maximum absolute atomic E-state index is 12.6. The van der Waals surface area contributed by atoms with E-state index in [1.807, 2.05) is 36.1 Å². The van der Waals surface area contributed by atoms with E-state index in [1.54, 1.807) is 0 Å². The van der Waals surface area contributed by atoms with Gasteiger partial charge in [0.25, 0.3) is 0 Å². The number of amides is 2. The number of carbonyl (C=O) groups excluding carboxylic acids is 2. The molecular weight excluding hydrogens is 444 g/mol. The van der Waals surface area contributed by atoms with Gasteiger partial charge in [0, 0.05) is 37.9 Å². The van der Waals surface area contributed by atoms with Crippen molar-refractivity contribution in [3.63, 3.8) is 0 Å². The number of carboxylic acids is 1. The Hall–Kier alpha value is -3.35. The van der Waals surface area contributed by atoms with Crippen LogP contribution in [0.5, 0.6) is 0 Å². The van der Waals surface area contributed by atoms with Gasteiger partial charge in [-0.05, 0) is 53.9 Å². The van der Waals surface area contributed by atoms with Crippen LogP contribution in [0.4, 0.5) is 4.79 Å². The molecule has 1 heterocycles. The molecule has 7 heteroatoms. The maximum atomic E-state index is 12.6. The van der Waals surface area contributed by atoms with Crippen molar-refractivity contribution in [2.75, 3.05) is 19.7 Å². The summed E-state index contributed by atoms with van der Waals surface area (Å²) in [5.41, 5.74) is 4.74. The Morgan fingerprint density at radius 1 is 1.03 bits per heavy atom. The number of hydrogen-bond donors (Lipinski definition) is 2. The van der Waals surface area contributed by atoms with Crippen LogP contribution in [0.25, 0.3) is 11.1 Å². The Bertz CT molecular complexity index is 1020. The van der Waals surface area contributed by atoms with Gasteiger partial charge in [0.1, 0.15) is 6.61 Å². The van der Waals surface area contributed by atoms with Crippen LogP contribution >= 0.6 is 0 Å². The van der Waals surface area contributed by atoms with Crippen molar-refractivity contribution in [2.24, 2.45) is 5.92 Å². The number of carbonyl (C=O) groups is 3. The molecule has 7 nitrogen and oxygen atoms in total. The standard InChI is InChI=1S/C28H34N2O5/c1-2-20(14-15-26(31)30-16-19(17-30)8-7-13-27(32)33)29-28(34)35-18-25-23-11-5-3-9-21(23)22-10-4-6-12-24(22)25/h3-6,9-12,19-20,25H,2,7-8,13-18H2,1H3,(H,29,34)(H,32,33). The van der Waals surface area contributed by atoms with Gasteiger partial charge in [-0.2, -0.15) is 0 Å². The zero-order valence-electron chi connectivity index (χ0n) is 20.2. The summed E-state index contributed by atoms with van der Waals surface area (Å²) in [6.45, 7) is 3.66. The molecule has 1 fully saturated rings. The van der Waals surface area contributed by atoms with E-state index in [0.717, 1.165) is 12.8 Å². The van der Waals surface area contributed by atoms with Gasteiger partial charge in [0.15, 0.2) is 0 Å². The van der Waals surface area contributed by atoms with Crippen LogP contribution in [0, 0.1) is 5.92 Å². The van der Waals surface area contributed by atoms with Crippen molar-refractivity contribution < 1.29 is 24.2 Å². The molecule has 2 N–H and O–H groups in total. The average Bonchev–Trinajstić information content (AvgIpc) is 3.15. The molecular formula is C28H34N2O5. The Morgan fingerprint density at radius 2 is 1.66 bits per heavy atom. The highest BCUT2D eigenvalue weighted by Crippen LogP contribution is 2.44. The lowest BCUT2D eigenvalue weighted by molar-refractivity contribution is -0.139. The summed E-state index contributed by atoms with van der Waals surface area (Å²) in [6.07, 6.45) is 2.90. The minimum atomic E-state index is -0.772. The normalized spacial score (nSPS) is 15.6. The molecule has 2 amide bonds. The highest BCUT2D eigenvalue weighted by Gasteiger charge is 2.31. The van der Waals surface area contributed by atoms with Gasteiger partial charge in [-0.1, -0.05) is 55.5 Å². The SMILES string of the molecule is CCC(CCC(=O)N1CC(CCCC(=O)O)C1)NC(=O)OCC1c2ccccc2-c2ccccc21. The van der Waals surface area contributed by atoms with Crippen molar-refractivity contribution >= 4 is 18.0 Å². The molecule has 1 aliphatic carbocycles. The van der Waals surface area contributed by atoms with Crippen LogP contribution in [-0.2, 0) is 14.3 Å². The van der Waals surface area contributed by atoms with E-state index in [0.29, 0.717) is 38.3 Å². The van der Waals surface area contributed by atoms with Gasteiger partial charge in [-0.15, -0.1) is 0 Å². The first kappa shape index (κ1) is 24.8. The van der Waals surface area contributed by atoms with Gasteiger partial charge < -0.3 is 20.1 Å². The minimum absolute atomic E-state index is 0.0182. The summed E-state index contributed by atoms with van der Waals surface area (Å²) in [6, 6.07) is 16.3. The van der Waals surface area contributed by atoms with Crippen LogP contribution in [0.1, 0.15) is 62.5 Å². The van der Waals surface area contributed by atoms with E-state index in [-0.39, 0.29) is 30.9 Å². The molecule has 0 saturated carbocycles. The highest BCUT2D eigenvalue weighted by atomic mass is 16.5. The van der Waals surface area contributed by atoms with Gasteiger partial charge in [0.2, 0.25) is 5.91 Å². The summed E-state index contributed by atoms with van der Waals surface area (Å²) in [4.78, 5) is 37.5. The lowest BCUT2D eigenvalue weighted by atomic mass is 9.93. The Kier molecular flexibility index (Phi) is 8.06. The van der Waals surface area contributed by atoms with E-state index in [2.05, 4.69) is 29.6 Å². The van der Waals surface area contributed by atoms with E-state index < -0.39 is 12.1 Å². The van der Waals surface area contributed by atoms with Crippen LogP contribution in [0.3, 0.4) is 0 Å². The average molecular weight is 479 g/mol. The molecule has 0 aromatic heterocycles. The molecule has 1 saturated heterocycles. The molecule has 0 spiro atoms. The minimum Gasteiger partial charge on any atom is -0.481 e. The number of nitrogens with one attached hydrogen (secondary N) is 1.